The van der Waals surface area contributed by atoms with Crippen molar-refractivity contribution in [3.05, 3.63) is 47.5 Å². The topological polar surface area (TPSA) is 73.8 Å². The number of carbonyl (C=O) groups is 1. The number of benzene rings is 2. The monoisotopic (exact) mass is 459 g/mol. The van der Waals surface area contributed by atoms with Crippen LogP contribution in [0.2, 0.25) is 0 Å². The molecule has 6 heteroatoms. The summed E-state index contributed by atoms with van der Waals surface area (Å²) in [5.41, 5.74) is 4.14. The van der Waals surface area contributed by atoms with Crippen molar-refractivity contribution < 1.29 is 14.6 Å². The Kier molecular flexibility index (Phi) is 4.48. The van der Waals surface area contributed by atoms with E-state index in [2.05, 4.69) is 39.8 Å². The van der Waals surface area contributed by atoms with E-state index < -0.39 is 0 Å². The molecule has 178 valence electrons. The van der Waals surface area contributed by atoms with E-state index in [4.69, 9.17) is 4.74 Å². The van der Waals surface area contributed by atoms with Crippen molar-refractivity contribution in [1.29, 1.82) is 0 Å². The fraction of sp³-hybridized carbons (Fsp3) is 0.536. The summed E-state index contributed by atoms with van der Waals surface area (Å²) in [4.78, 5) is 14.8. The largest absolute Gasteiger partial charge is 0.504 e. The van der Waals surface area contributed by atoms with E-state index >= 15 is 0 Å². The van der Waals surface area contributed by atoms with Gasteiger partial charge in [-0.3, -0.25) is 9.69 Å². The summed E-state index contributed by atoms with van der Waals surface area (Å²) in [5.74, 6) is 2.09. The van der Waals surface area contributed by atoms with Crippen LogP contribution in [0.3, 0.4) is 0 Å². The lowest BCUT2D eigenvalue weighted by Crippen LogP contribution is -2.68. The smallest absolute Gasteiger partial charge is 0.221 e. The molecule has 3 aliphatic carbocycles. The predicted octanol–water partition coefficient (Wildman–Crippen LogP) is 4.28. The first-order chi connectivity index (χ1) is 16.5. The van der Waals surface area contributed by atoms with Crippen LogP contribution in [0.15, 0.2) is 36.4 Å². The predicted molar refractivity (Wildman–Crippen MR) is 131 cm³/mol. The standard InChI is InChI=1S/C28H33N3O3/c1-16(32)29-22-14-24(33)26-25-19(22)13-23-20-9-10-21(30-18-5-3-2-4-6-18)27(34-26)28(20,25)11-12-31(23)15-17-7-8-17/h2-6,14,17,20-21,23,27,30,33H,7-13,15H2,1H3,(H,29,32)/t20-,21+,23+,27-,28-/m0/s1. The summed E-state index contributed by atoms with van der Waals surface area (Å²) in [6.45, 7) is 3.82. The van der Waals surface area contributed by atoms with E-state index in [-0.39, 0.29) is 29.2 Å². The highest BCUT2D eigenvalue weighted by atomic mass is 16.5. The molecule has 7 rings (SSSR count). The fourth-order valence-electron chi connectivity index (χ4n) is 7.77. The van der Waals surface area contributed by atoms with Crippen LogP contribution in [0.1, 0.15) is 50.2 Å². The van der Waals surface area contributed by atoms with E-state index in [1.54, 1.807) is 13.0 Å². The van der Waals surface area contributed by atoms with E-state index in [0.29, 0.717) is 17.7 Å². The second-order valence-electron chi connectivity index (χ2n) is 11.1. The van der Waals surface area contributed by atoms with Crippen molar-refractivity contribution in [2.75, 3.05) is 23.7 Å². The summed E-state index contributed by atoms with van der Waals surface area (Å²) in [7, 11) is 0. The van der Waals surface area contributed by atoms with Crippen LogP contribution >= 0.6 is 0 Å². The number of nitrogens with one attached hydrogen (secondary N) is 2. The zero-order valence-electron chi connectivity index (χ0n) is 19.7. The molecule has 0 radical (unpaired) electrons. The number of hydrogen-bond donors (Lipinski definition) is 3. The molecule has 1 spiro atoms. The number of hydrogen-bond acceptors (Lipinski definition) is 5. The number of rotatable bonds is 5. The van der Waals surface area contributed by atoms with Gasteiger partial charge in [0.25, 0.3) is 0 Å². The minimum Gasteiger partial charge on any atom is -0.504 e. The van der Waals surface area contributed by atoms with Gasteiger partial charge >= 0.3 is 0 Å². The van der Waals surface area contributed by atoms with Crippen molar-refractivity contribution in [2.24, 2.45) is 11.8 Å². The van der Waals surface area contributed by atoms with Crippen molar-refractivity contribution in [3.8, 4) is 11.5 Å². The van der Waals surface area contributed by atoms with Gasteiger partial charge in [-0.05, 0) is 74.6 Å². The van der Waals surface area contributed by atoms with Gasteiger partial charge in [0.1, 0.15) is 6.10 Å². The molecule has 2 aromatic carbocycles. The highest BCUT2D eigenvalue weighted by Crippen LogP contribution is 2.65. The molecule has 0 unspecified atom stereocenters. The van der Waals surface area contributed by atoms with Gasteiger partial charge < -0.3 is 20.5 Å². The Morgan fingerprint density at radius 1 is 1.21 bits per heavy atom. The lowest BCUT2D eigenvalue weighted by molar-refractivity contribution is -0.114. The fourth-order valence-corrected chi connectivity index (χ4v) is 7.77. The van der Waals surface area contributed by atoms with Crippen molar-refractivity contribution in [2.45, 2.75) is 69.1 Å². The van der Waals surface area contributed by atoms with Crippen molar-refractivity contribution in [3.63, 3.8) is 0 Å². The minimum atomic E-state index is -0.121. The van der Waals surface area contributed by atoms with Crippen molar-refractivity contribution >= 4 is 17.3 Å². The molecule has 2 heterocycles. The number of aromatic hydroxyl groups is 1. The van der Waals surface area contributed by atoms with Crippen LogP contribution in [0.5, 0.6) is 11.5 Å². The molecule has 3 fully saturated rings. The zero-order chi connectivity index (χ0) is 23.0. The zero-order valence-corrected chi connectivity index (χ0v) is 19.7. The molecule has 6 nitrogen and oxygen atoms in total. The first-order valence-corrected chi connectivity index (χ1v) is 12.9. The molecule has 2 aromatic rings. The number of phenolic OH excluding ortho intramolecular Hbond substituents is 1. The average Bonchev–Trinajstić information content (AvgIpc) is 3.57. The summed E-state index contributed by atoms with van der Waals surface area (Å²) < 4.78 is 6.74. The third-order valence-electron chi connectivity index (χ3n) is 9.19. The maximum atomic E-state index is 12.1. The van der Waals surface area contributed by atoms with Gasteiger partial charge in [-0.2, -0.15) is 0 Å². The van der Waals surface area contributed by atoms with Gasteiger partial charge in [-0.1, -0.05) is 18.2 Å². The van der Waals surface area contributed by atoms with Gasteiger partial charge in [-0.25, -0.2) is 0 Å². The molecule has 2 bridgehead atoms. The Bertz CT molecular complexity index is 1150. The van der Waals surface area contributed by atoms with Crippen LogP contribution in [0, 0.1) is 11.8 Å². The SMILES string of the molecule is CC(=O)Nc1cc(O)c2c3c1C[C@@H]1[C@@H]4CC[C@@H](Nc5ccccc5)[C@H](O2)[C@]34CCN1CC1CC1. The highest BCUT2D eigenvalue weighted by Gasteiger charge is 2.66. The van der Waals surface area contributed by atoms with Gasteiger partial charge in [-0.15, -0.1) is 0 Å². The number of phenols is 1. The molecule has 3 N–H and O–H groups in total. The van der Waals surface area contributed by atoms with E-state index in [1.807, 2.05) is 6.07 Å². The number of likely N-dealkylation sites (tertiary alicyclic amines) is 1. The summed E-state index contributed by atoms with van der Waals surface area (Å²) in [5, 5.41) is 17.9. The molecule has 0 aromatic heterocycles. The van der Waals surface area contributed by atoms with Crippen LogP contribution in [-0.4, -0.2) is 47.2 Å². The lowest BCUT2D eigenvalue weighted by Gasteiger charge is -2.60. The Morgan fingerprint density at radius 3 is 2.79 bits per heavy atom. The molecule has 5 atom stereocenters. The number of amides is 1. The number of piperidine rings is 1. The van der Waals surface area contributed by atoms with E-state index in [1.165, 1.54) is 30.5 Å². The van der Waals surface area contributed by atoms with Crippen LogP contribution in [0.4, 0.5) is 11.4 Å². The second-order valence-corrected chi connectivity index (χ2v) is 11.1. The first kappa shape index (κ1) is 20.6. The molecular weight excluding hydrogens is 426 g/mol. The molecule has 1 saturated heterocycles. The van der Waals surface area contributed by atoms with Crippen molar-refractivity contribution in [1.82, 2.24) is 4.90 Å². The minimum absolute atomic E-state index is 0.0236. The molecule has 5 aliphatic rings. The molecule has 2 aliphatic heterocycles. The molecule has 1 amide bonds. The van der Waals surface area contributed by atoms with Gasteiger partial charge in [0.05, 0.1) is 6.04 Å². The highest BCUT2D eigenvalue weighted by molar-refractivity contribution is 5.91. The number of nitrogens with zero attached hydrogens (tertiary/aromatic N) is 1. The summed E-state index contributed by atoms with van der Waals surface area (Å²) in [6, 6.07) is 12.8. The average molecular weight is 460 g/mol. The normalized spacial score (nSPS) is 33.1. The number of anilines is 2. The number of para-hydroxylation sites is 1. The third-order valence-corrected chi connectivity index (χ3v) is 9.19. The summed E-state index contributed by atoms with van der Waals surface area (Å²) >= 11 is 0. The molecular formula is C28H33N3O3. The summed E-state index contributed by atoms with van der Waals surface area (Å²) in [6.07, 6.45) is 6.87. The van der Waals surface area contributed by atoms with Gasteiger partial charge in [0, 0.05) is 47.9 Å². The van der Waals surface area contributed by atoms with E-state index in [0.717, 1.165) is 49.5 Å². The van der Waals surface area contributed by atoms with Crippen LogP contribution < -0.4 is 15.4 Å². The van der Waals surface area contributed by atoms with Gasteiger partial charge in [0.2, 0.25) is 5.91 Å². The maximum Gasteiger partial charge on any atom is 0.221 e. The maximum absolute atomic E-state index is 12.1. The lowest BCUT2D eigenvalue weighted by atomic mass is 9.51. The van der Waals surface area contributed by atoms with Gasteiger partial charge in [0.15, 0.2) is 11.5 Å². The number of carbonyl (C=O) groups excluding carboxylic acids is 1. The Labute approximate surface area is 200 Å². The van der Waals surface area contributed by atoms with Crippen LogP contribution in [0.25, 0.3) is 0 Å². The Morgan fingerprint density at radius 2 is 2.03 bits per heavy atom. The first-order valence-electron chi connectivity index (χ1n) is 12.9. The van der Waals surface area contributed by atoms with E-state index in [9.17, 15) is 9.90 Å². The Hall–Kier alpha value is -2.73. The third kappa shape index (κ3) is 2.94. The van der Waals surface area contributed by atoms with Crippen LogP contribution in [-0.2, 0) is 16.6 Å². The quantitative estimate of drug-likeness (QED) is 0.622. The molecule has 34 heavy (non-hydrogen) atoms. The Balaban J connectivity index is 1.35. The second kappa shape index (κ2) is 7.38. The molecule has 2 saturated carbocycles. The number of ether oxygens (including phenoxy) is 1.